The zero-order valence-corrected chi connectivity index (χ0v) is 12.5. The first kappa shape index (κ1) is 14.6. The summed E-state index contributed by atoms with van der Waals surface area (Å²) in [6.07, 6.45) is 1.04. The van der Waals surface area contributed by atoms with Gasteiger partial charge in [-0.2, -0.15) is 0 Å². The maximum atomic E-state index is 5.79. The van der Waals surface area contributed by atoms with Gasteiger partial charge in [0.05, 0.1) is 6.61 Å². The number of nitrogens with zero attached hydrogens (tertiary/aromatic N) is 1. The average Bonchev–Trinajstić information content (AvgIpc) is 2.48. The van der Waals surface area contributed by atoms with E-state index in [2.05, 4.69) is 62.3 Å². The summed E-state index contributed by atoms with van der Waals surface area (Å²) < 4.78 is 5.79. The minimum atomic E-state index is 0.540. The predicted molar refractivity (Wildman–Crippen MR) is 85.1 cm³/mol. The minimum absolute atomic E-state index is 0.540. The molecule has 106 valence electrons. The lowest BCUT2D eigenvalue weighted by Gasteiger charge is -2.19. The molecule has 0 heterocycles. The maximum absolute atomic E-state index is 5.79. The first-order chi connectivity index (χ1) is 9.66. The van der Waals surface area contributed by atoms with E-state index in [1.807, 2.05) is 18.2 Å². The standard InChI is InChI=1S/C18H23NO/c1-15(19(2)3)13-14-20-18-11-9-17(10-12-18)16-7-5-4-6-8-16/h4-12,15H,13-14H2,1-3H3. The second-order valence-electron chi connectivity index (χ2n) is 5.34. The Kier molecular flexibility index (Phi) is 5.19. The smallest absolute Gasteiger partial charge is 0.119 e. The van der Waals surface area contributed by atoms with Crippen molar-refractivity contribution in [2.45, 2.75) is 19.4 Å². The van der Waals surface area contributed by atoms with Gasteiger partial charge in [0.25, 0.3) is 0 Å². The van der Waals surface area contributed by atoms with Crippen LogP contribution in [0.2, 0.25) is 0 Å². The number of hydrogen-bond donors (Lipinski definition) is 0. The lowest BCUT2D eigenvalue weighted by Crippen LogP contribution is -2.26. The van der Waals surface area contributed by atoms with Crippen molar-refractivity contribution < 1.29 is 4.74 Å². The van der Waals surface area contributed by atoms with Crippen LogP contribution in [0.5, 0.6) is 5.75 Å². The molecule has 2 aromatic rings. The summed E-state index contributed by atoms with van der Waals surface area (Å²) in [6, 6.07) is 19.2. The van der Waals surface area contributed by atoms with Crippen LogP contribution in [-0.2, 0) is 0 Å². The summed E-state index contributed by atoms with van der Waals surface area (Å²) in [4.78, 5) is 2.21. The van der Waals surface area contributed by atoms with Crippen molar-refractivity contribution in [1.82, 2.24) is 4.90 Å². The van der Waals surface area contributed by atoms with Gasteiger partial charge in [0.15, 0.2) is 0 Å². The quantitative estimate of drug-likeness (QED) is 0.783. The minimum Gasteiger partial charge on any atom is -0.494 e. The summed E-state index contributed by atoms with van der Waals surface area (Å²) in [7, 11) is 4.19. The summed E-state index contributed by atoms with van der Waals surface area (Å²) in [6.45, 7) is 2.96. The van der Waals surface area contributed by atoms with Gasteiger partial charge >= 0.3 is 0 Å². The van der Waals surface area contributed by atoms with Crippen LogP contribution in [0.15, 0.2) is 54.6 Å². The van der Waals surface area contributed by atoms with Crippen LogP contribution < -0.4 is 4.74 Å². The summed E-state index contributed by atoms with van der Waals surface area (Å²) in [5.41, 5.74) is 2.46. The first-order valence-corrected chi connectivity index (χ1v) is 7.11. The molecule has 0 aliphatic rings. The van der Waals surface area contributed by atoms with Crippen molar-refractivity contribution in [3.05, 3.63) is 54.6 Å². The fourth-order valence-electron chi connectivity index (χ4n) is 1.98. The highest BCUT2D eigenvalue weighted by Crippen LogP contribution is 2.22. The zero-order chi connectivity index (χ0) is 14.4. The highest BCUT2D eigenvalue weighted by Gasteiger charge is 2.04. The lowest BCUT2D eigenvalue weighted by molar-refractivity contribution is 0.233. The van der Waals surface area contributed by atoms with Crippen LogP contribution in [0.4, 0.5) is 0 Å². The Bertz CT molecular complexity index is 505. The Labute approximate surface area is 122 Å². The van der Waals surface area contributed by atoms with Gasteiger partial charge < -0.3 is 9.64 Å². The third-order valence-corrected chi connectivity index (χ3v) is 3.65. The van der Waals surface area contributed by atoms with Gasteiger partial charge in [0.1, 0.15) is 5.75 Å². The number of hydrogen-bond acceptors (Lipinski definition) is 2. The van der Waals surface area contributed by atoms with E-state index in [-0.39, 0.29) is 0 Å². The molecule has 2 aromatic carbocycles. The van der Waals surface area contributed by atoms with Crippen LogP contribution in [0, 0.1) is 0 Å². The fourth-order valence-corrected chi connectivity index (χ4v) is 1.98. The molecule has 0 aromatic heterocycles. The lowest BCUT2D eigenvalue weighted by atomic mass is 10.1. The normalized spacial score (nSPS) is 12.4. The van der Waals surface area contributed by atoms with Gasteiger partial charge in [-0.25, -0.2) is 0 Å². The molecule has 0 saturated carbocycles. The summed E-state index contributed by atoms with van der Waals surface area (Å²) in [5.74, 6) is 0.940. The molecular weight excluding hydrogens is 246 g/mol. The van der Waals surface area contributed by atoms with E-state index in [1.54, 1.807) is 0 Å². The van der Waals surface area contributed by atoms with Crippen molar-refractivity contribution in [2.24, 2.45) is 0 Å². The van der Waals surface area contributed by atoms with Crippen molar-refractivity contribution in [3.63, 3.8) is 0 Å². The third-order valence-electron chi connectivity index (χ3n) is 3.65. The maximum Gasteiger partial charge on any atom is 0.119 e. The summed E-state index contributed by atoms with van der Waals surface area (Å²) in [5, 5.41) is 0. The third kappa shape index (κ3) is 4.10. The van der Waals surface area contributed by atoms with E-state index < -0.39 is 0 Å². The van der Waals surface area contributed by atoms with Gasteiger partial charge in [0, 0.05) is 6.04 Å². The first-order valence-electron chi connectivity index (χ1n) is 7.11. The Morgan fingerprint density at radius 2 is 1.50 bits per heavy atom. The van der Waals surface area contributed by atoms with Gasteiger partial charge in [0.2, 0.25) is 0 Å². The van der Waals surface area contributed by atoms with Gasteiger partial charge in [-0.3, -0.25) is 0 Å². The van der Waals surface area contributed by atoms with Crippen LogP contribution in [0.25, 0.3) is 11.1 Å². The molecule has 0 N–H and O–H groups in total. The van der Waals surface area contributed by atoms with Crippen LogP contribution >= 0.6 is 0 Å². The molecule has 2 rings (SSSR count). The monoisotopic (exact) mass is 269 g/mol. The average molecular weight is 269 g/mol. The molecule has 0 aliphatic heterocycles. The Balaban J connectivity index is 1.89. The Morgan fingerprint density at radius 1 is 0.900 bits per heavy atom. The van der Waals surface area contributed by atoms with Gasteiger partial charge in [-0.05, 0) is 50.7 Å². The molecule has 2 heteroatoms. The molecule has 0 amide bonds. The Hall–Kier alpha value is -1.80. The molecule has 0 spiro atoms. The van der Waals surface area contributed by atoms with E-state index in [0.29, 0.717) is 6.04 Å². The van der Waals surface area contributed by atoms with E-state index >= 15 is 0 Å². The summed E-state index contributed by atoms with van der Waals surface area (Å²) >= 11 is 0. The molecule has 20 heavy (non-hydrogen) atoms. The second-order valence-corrected chi connectivity index (χ2v) is 5.34. The number of rotatable bonds is 6. The molecule has 0 saturated heterocycles. The fraction of sp³-hybridized carbons (Fsp3) is 0.333. The van der Waals surface area contributed by atoms with Crippen molar-refractivity contribution in [3.8, 4) is 16.9 Å². The molecule has 1 unspecified atom stereocenters. The number of benzene rings is 2. The highest BCUT2D eigenvalue weighted by molar-refractivity contribution is 5.63. The predicted octanol–water partition coefficient (Wildman–Crippen LogP) is 4.07. The van der Waals surface area contributed by atoms with Crippen molar-refractivity contribution in [1.29, 1.82) is 0 Å². The molecular formula is C18H23NO. The largest absolute Gasteiger partial charge is 0.494 e. The van der Waals surface area contributed by atoms with E-state index in [9.17, 15) is 0 Å². The van der Waals surface area contributed by atoms with Crippen LogP contribution in [0.1, 0.15) is 13.3 Å². The van der Waals surface area contributed by atoms with Crippen molar-refractivity contribution >= 4 is 0 Å². The van der Waals surface area contributed by atoms with Crippen molar-refractivity contribution in [2.75, 3.05) is 20.7 Å². The van der Waals surface area contributed by atoms with E-state index in [0.717, 1.165) is 18.8 Å². The van der Waals surface area contributed by atoms with E-state index in [1.165, 1.54) is 11.1 Å². The zero-order valence-electron chi connectivity index (χ0n) is 12.5. The van der Waals surface area contributed by atoms with Gasteiger partial charge in [-0.15, -0.1) is 0 Å². The highest BCUT2D eigenvalue weighted by atomic mass is 16.5. The SMILES string of the molecule is CC(CCOc1ccc(-c2ccccc2)cc1)N(C)C. The Morgan fingerprint density at radius 3 is 2.10 bits per heavy atom. The molecule has 0 radical (unpaired) electrons. The number of ether oxygens (including phenoxy) is 1. The van der Waals surface area contributed by atoms with Crippen LogP contribution in [0.3, 0.4) is 0 Å². The second kappa shape index (κ2) is 7.11. The topological polar surface area (TPSA) is 12.5 Å². The molecule has 0 aliphatic carbocycles. The molecule has 0 fully saturated rings. The van der Waals surface area contributed by atoms with Gasteiger partial charge in [-0.1, -0.05) is 42.5 Å². The molecule has 0 bridgehead atoms. The molecule has 2 nitrogen and oxygen atoms in total. The molecule has 1 atom stereocenters. The van der Waals surface area contributed by atoms with Crippen LogP contribution in [-0.4, -0.2) is 31.6 Å². The van der Waals surface area contributed by atoms with E-state index in [4.69, 9.17) is 4.74 Å².